The molecule has 1 aromatic carbocycles. The van der Waals surface area contributed by atoms with Gasteiger partial charge in [0.2, 0.25) is 0 Å². The van der Waals surface area contributed by atoms with E-state index in [-0.39, 0.29) is 5.02 Å². The van der Waals surface area contributed by atoms with Crippen LogP contribution in [0, 0.1) is 5.82 Å². The number of carbonyl (C=O) groups is 1. The number of hydrogen-bond donors (Lipinski definition) is 2. The van der Waals surface area contributed by atoms with Crippen LogP contribution in [0.1, 0.15) is 0 Å². The molecule has 0 fully saturated rings. The molecule has 0 aliphatic heterocycles. The maximum Gasteiger partial charge on any atom is 0.164 e. The zero-order valence-electron chi connectivity index (χ0n) is 7.95. The molecule has 0 aromatic heterocycles. The van der Waals surface area contributed by atoms with E-state index in [1.807, 2.05) is 0 Å². The van der Waals surface area contributed by atoms with Crippen LogP contribution in [0.15, 0.2) is 23.4 Å². The molecule has 1 rings (SSSR count). The van der Waals surface area contributed by atoms with Crippen molar-refractivity contribution in [2.45, 2.75) is 0 Å². The molecule has 0 heterocycles. The van der Waals surface area contributed by atoms with E-state index in [4.69, 9.17) is 21.6 Å². The Hall–Kier alpha value is -1.62. The van der Waals surface area contributed by atoms with Crippen molar-refractivity contribution in [3.63, 3.8) is 0 Å². The van der Waals surface area contributed by atoms with Gasteiger partial charge in [-0.15, -0.1) is 0 Å². The third-order valence-electron chi connectivity index (χ3n) is 1.35. The maximum atomic E-state index is 12.8. The largest absolute Gasteiger partial charge is 0.411 e. The lowest BCUT2D eigenvalue weighted by atomic mass is 10.3. The molecule has 4 nitrogen and oxygen atoms in total. The van der Waals surface area contributed by atoms with E-state index >= 15 is 0 Å². The highest BCUT2D eigenvalue weighted by Crippen LogP contribution is 2.20. The Kier molecular flexibility index (Phi) is 6.92. The van der Waals surface area contributed by atoms with E-state index in [1.54, 1.807) is 19.2 Å². The SMILES string of the molecule is CNc1cccc(Cl)c1F.O=C/C=N/O. The number of benzene rings is 1. The molecule has 0 spiro atoms. The van der Waals surface area contributed by atoms with Crippen LogP contribution in [0.25, 0.3) is 0 Å². The number of halogens is 2. The third kappa shape index (κ3) is 4.97. The first-order valence-electron chi connectivity index (χ1n) is 3.90. The van der Waals surface area contributed by atoms with Gasteiger partial charge in [-0.1, -0.05) is 22.8 Å². The Labute approximate surface area is 91.4 Å². The monoisotopic (exact) mass is 232 g/mol. The number of aldehydes is 1. The van der Waals surface area contributed by atoms with Gasteiger partial charge in [0.15, 0.2) is 12.1 Å². The van der Waals surface area contributed by atoms with Gasteiger partial charge in [0, 0.05) is 7.05 Å². The molecule has 0 radical (unpaired) electrons. The van der Waals surface area contributed by atoms with Crippen LogP contribution >= 0.6 is 11.6 Å². The standard InChI is InChI=1S/C7H7ClFN.C2H3NO2/c1-10-6-4-2-3-5(8)7(6)9;4-2-1-3-5/h2-4,10H,1H3;1-2,5H/b;3-1+. The topological polar surface area (TPSA) is 61.7 Å². The van der Waals surface area contributed by atoms with Gasteiger partial charge < -0.3 is 10.5 Å². The first-order chi connectivity index (χ1) is 7.17. The molecule has 0 bridgehead atoms. The van der Waals surface area contributed by atoms with E-state index in [0.717, 1.165) is 6.21 Å². The van der Waals surface area contributed by atoms with Crippen LogP contribution in [-0.4, -0.2) is 24.8 Å². The molecular formula is C9H10ClFN2O2. The highest BCUT2D eigenvalue weighted by molar-refractivity contribution is 6.31. The minimum absolute atomic E-state index is 0.145. The van der Waals surface area contributed by atoms with Crippen LogP contribution in [0.4, 0.5) is 10.1 Å². The van der Waals surface area contributed by atoms with Crippen molar-refractivity contribution >= 4 is 29.8 Å². The summed E-state index contributed by atoms with van der Waals surface area (Å²) in [7, 11) is 1.65. The number of oxime groups is 1. The molecule has 15 heavy (non-hydrogen) atoms. The molecule has 0 aliphatic carbocycles. The predicted octanol–water partition coefficient (Wildman–Crippen LogP) is 2.17. The van der Waals surface area contributed by atoms with Gasteiger partial charge in [-0.2, -0.15) is 0 Å². The molecule has 2 N–H and O–H groups in total. The van der Waals surface area contributed by atoms with Gasteiger partial charge in [0.05, 0.1) is 10.7 Å². The lowest BCUT2D eigenvalue weighted by molar-refractivity contribution is -0.102. The zero-order chi connectivity index (χ0) is 11.7. The predicted molar refractivity (Wildman–Crippen MR) is 57.3 cm³/mol. The molecule has 82 valence electrons. The first-order valence-corrected chi connectivity index (χ1v) is 4.28. The van der Waals surface area contributed by atoms with Crippen molar-refractivity contribution in [1.82, 2.24) is 0 Å². The Bertz CT molecular complexity index is 345. The second-order valence-electron chi connectivity index (χ2n) is 2.25. The summed E-state index contributed by atoms with van der Waals surface area (Å²) in [6.45, 7) is 0. The fourth-order valence-corrected chi connectivity index (χ4v) is 0.899. The fraction of sp³-hybridized carbons (Fsp3) is 0.111. The van der Waals surface area contributed by atoms with Crippen molar-refractivity contribution in [1.29, 1.82) is 0 Å². The third-order valence-corrected chi connectivity index (χ3v) is 1.64. The smallest absolute Gasteiger partial charge is 0.164 e. The second-order valence-corrected chi connectivity index (χ2v) is 2.66. The number of carbonyl (C=O) groups excluding carboxylic acids is 1. The number of nitrogens with zero attached hydrogens (tertiary/aromatic N) is 1. The van der Waals surface area contributed by atoms with E-state index in [9.17, 15) is 4.39 Å². The molecule has 0 amide bonds. The first kappa shape index (κ1) is 13.4. The summed E-state index contributed by atoms with van der Waals surface area (Å²) in [5.41, 5.74) is 0.424. The number of hydrogen-bond acceptors (Lipinski definition) is 4. The Morgan fingerprint density at radius 1 is 1.60 bits per heavy atom. The zero-order valence-corrected chi connectivity index (χ0v) is 8.70. The van der Waals surface area contributed by atoms with Crippen LogP contribution < -0.4 is 5.32 Å². The molecule has 6 heteroatoms. The molecular weight excluding hydrogens is 223 g/mol. The van der Waals surface area contributed by atoms with Crippen LogP contribution in [0.5, 0.6) is 0 Å². The summed E-state index contributed by atoms with van der Waals surface area (Å²) in [5, 5.41) is 12.6. The van der Waals surface area contributed by atoms with Gasteiger partial charge in [-0.3, -0.25) is 4.79 Å². The summed E-state index contributed by atoms with van der Waals surface area (Å²) >= 11 is 5.48. The van der Waals surface area contributed by atoms with Gasteiger partial charge in [-0.25, -0.2) is 4.39 Å². The van der Waals surface area contributed by atoms with E-state index in [1.165, 1.54) is 6.07 Å². The Morgan fingerprint density at radius 2 is 2.27 bits per heavy atom. The van der Waals surface area contributed by atoms with Crippen molar-refractivity contribution in [3.8, 4) is 0 Å². The highest BCUT2D eigenvalue weighted by Gasteiger charge is 2.02. The lowest BCUT2D eigenvalue weighted by Crippen LogP contribution is -1.91. The molecule has 1 aromatic rings. The molecule has 0 saturated carbocycles. The summed E-state index contributed by atoms with van der Waals surface area (Å²) in [6.07, 6.45) is 1.14. The molecule has 0 unspecified atom stereocenters. The summed E-state index contributed by atoms with van der Waals surface area (Å²) < 4.78 is 12.8. The summed E-state index contributed by atoms with van der Waals surface area (Å²) in [5.74, 6) is -0.397. The molecule has 0 saturated heterocycles. The normalized spacial score (nSPS) is 9.27. The maximum absolute atomic E-state index is 12.8. The Morgan fingerprint density at radius 3 is 2.60 bits per heavy atom. The average molecular weight is 233 g/mol. The van der Waals surface area contributed by atoms with Crippen molar-refractivity contribution in [3.05, 3.63) is 29.0 Å². The quantitative estimate of drug-likeness (QED) is 0.356. The van der Waals surface area contributed by atoms with Gasteiger partial charge in [-0.05, 0) is 12.1 Å². The average Bonchev–Trinajstić information content (AvgIpc) is 2.24. The van der Waals surface area contributed by atoms with E-state index in [0.29, 0.717) is 12.0 Å². The second kappa shape index (κ2) is 7.75. The van der Waals surface area contributed by atoms with E-state index in [2.05, 4.69) is 10.5 Å². The number of nitrogens with one attached hydrogen (secondary N) is 1. The van der Waals surface area contributed by atoms with Gasteiger partial charge in [0.1, 0.15) is 6.21 Å². The van der Waals surface area contributed by atoms with Crippen LogP contribution in [0.3, 0.4) is 0 Å². The fourth-order valence-electron chi connectivity index (χ4n) is 0.724. The van der Waals surface area contributed by atoms with Crippen LogP contribution in [0.2, 0.25) is 5.02 Å². The lowest BCUT2D eigenvalue weighted by Gasteiger charge is -2.01. The van der Waals surface area contributed by atoms with Gasteiger partial charge in [0.25, 0.3) is 0 Å². The number of anilines is 1. The Balaban J connectivity index is 0.000000336. The summed E-state index contributed by atoms with van der Waals surface area (Å²) in [4.78, 5) is 9.10. The minimum atomic E-state index is -0.397. The van der Waals surface area contributed by atoms with E-state index < -0.39 is 5.82 Å². The summed E-state index contributed by atoms with van der Waals surface area (Å²) in [6, 6.07) is 4.83. The number of rotatable bonds is 2. The van der Waals surface area contributed by atoms with Gasteiger partial charge >= 0.3 is 0 Å². The highest BCUT2D eigenvalue weighted by atomic mass is 35.5. The molecule has 0 aliphatic rings. The molecule has 0 atom stereocenters. The van der Waals surface area contributed by atoms with Crippen LogP contribution in [-0.2, 0) is 4.79 Å². The minimum Gasteiger partial charge on any atom is -0.411 e. The van der Waals surface area contributed by atoms with Crippen molar-refractivity contribution in [2.24, 2.45) is 5.16 Å². The van der Waals surface area contributed by atoms with Crippen molar-refractivity contribution < 1.29 is 14.4 Å². The van der Waals surface area contributed by atoms with Crippen molar-refractivity contribution in [2.75, 3.05) is 12.4 Å².